The fourth-order valence-electron chi connectivity index (χ4n) is 2.22. The molecule has 2 rings (SSSR count). The number of aryl methyl sites for hydroxylation is 1. The summed E-state index contributed by atoms with van der Waals surface area (Å²) in [6, 6.07) is 1.89. The minimum Gasteiger partial charge on any atom is -0.481 e. The Morgan fingerprint density at radius 1 is 1.65 bits per heavy atom. The molecule has 1 aliphatic rings. The predicted molar refractivity (Wildman–Crippen MR) is 62.4 cm³/mol. The van der Waals surface area contributed by atoms with Crippen LogP contribution in [0.4, 0.5) is 0 Å². The van der Waals surface area contributed by atoms with E-state index in [9.17, 15) is 4.79 Å². The normalized spacial score (nSPS) is 21.4. The first-order chi connectivity index (χ1) is 8.15. The molecule has 0 bridgehead atoms. The molecule has 1 unspecified atom stereocenters. The van der Waals surface area contributed by atoms with Gasteiger partial charge in [0, 0.05) is 19.3 Å². The fourth-order valence-corrected chi connectivity index (χ4v) is 2.22. The second kappa shape index (κ2) is 5.23. The van der Waals surface area contributed by atoms with Gasteiger partial charge >= 0.3 is 5.97 Å². The van der Waals surface area contributed by atoms with Crippen molar-refractivity contribution in [3.63, 3.8) is 0 Å². The Balaban J connectivity index is 1.97. The first-order valence-electron chi connectivity index (χ1n) is 5.89. The van der Waals surface area contributed by atoms with Gasteiger partial charge in [-0.15, -0.1) is 0 Å². The fraction of sp³-hybridized carbons (Fsp3) is 0.583. The van der Waals surface area contributed by atoms with Crippen molar-refractivity contribution in [1.29, 1.82) is 0 Å². The molecule has 5 nitrogen and oxygen atoms in total. The number of hydrogen-bond donors (Lipinski definition) is 1. The van der Waals surface area contributed by atoms with Gasteiger partial charge in [0.1, 0.15) is 5.82 Å². The molecule has 0 spiro atoms. The first kappa shape index (κ1) is 12.0. The highest BCUT2D eigenvalue weighted by atomic mass is 16.4. The standard InChI is InChI=1S/C12H17N3O2/c1-9-13-5-4-11(14-9)8-15-6-2-3-10(7-15)12(16)17/h4-5,10H,2-3,6-8H2,1H3,(H,16,17). The second-order valence-corrected chi connectivity index (χ2v) is 4.51. The van der Waals surface area contributed by atoms with Gasteiger partial charge in [-0.05, 0) is 32.4 Å². The van der Waals surface area contributed by atoms with Crippen LogP contribution in [-0.4, -0.2) is 39.0 Å². The summed E-state index contributed by atoms with van der Waals surface area (Å²) < 4.78 is 0. The quantitative estimate of drug-likeness (QED) is 0.849. The van der Waals surface area contributed by atoms with Gasteiger partial charge in [0.15, 0.2) is 0 Å². The number of carboxylic acids is 1. The average Bonchev–Trinajstić information content (AvgIpc) is 2.29. The third-order valence-corrected chi connectivity index (χ3v) is 3.07. The molecule has 0 radical (unpaired) electrons. The molecule has 1 aromatic rings. The van der Waals surface area contributed by atoms with Crippen molar-refractivity contribution in [2.24, 2.45) is 5.92 Å². The molecule has 17 heavy (non-hydrogen) atoms. The van der Waals surface area contributed by atoms with Gasteiger partial charge < -0.3 is 5.11 Å². The van der Waals surface area contributed by atoms with E-state index in [1.165, 1.54) is 0 Å². The van der Waals surface area contributed by atoms with Gasteiger partial charge in [-0.2, -0.15) is 0 Å². The highest BCUT2D eigenvalue weighted by Gasteiger charge is 2.25. The van der Waals surface area contributed by atoms with Gasteiger partial charge in [0.2, 0.25) is 0 Å². The van der Waals surface area contributed by atoms with Crippen LogP contribution in [0.5, 0.6) is 0 Å². The molecule has 0 aromatic carbocycles. The van der Waals surface area contributed by atoms with E-state index in [0.717, 1.165) is 30.9 Å². The van der Waals surface area contributed by atoms with Crippen molar-refractivity contribution in [3.8, 4) is 0 Å². The molecule has 0 saturated carbocycles. The van der Waals surface area contributed by atoms with Crippen molar-refractivity contribution in [3.05, 3.63) is 23.8 Å². The van der Waals surface area contributed by atoms with Crippen LogP contribution in [-0.2, 0) is 11.3 Å². The van der Waals surface area contributed by atoms with E-state index in [0.29, 0.717) is 13.1 Å². The van der Waals surface area contributed by atoms with E-state index in [-0.39, 0.29) is 5.92 Å². The Morgan fingerprint density at radius 3 is 3.18 bits per heavy atom. The van der Waals surface area contributed by atoms with Gasteiger partial charge in [-0.3, -0.25) is 9.69 Å². The van der Waals surface area contributed by atoms with Crippen molar-refractivity contribution < 1.29 is 9.90 Å². The van der Waals surface area contributed by atoms with Crippen LogP contribution < -0.4 is 0 Å². The monoisotopic (exact) mass is 235 g/mol. The van der Waals surface area contributed by atoms with Crippen LogP contribution >= 0.6 is 0 Å². The summed E-state index contributed by atoms with van der Waals surface area (Å²) in [5, 5.41) is 9.01. The van der Waals surface area contributed by atoms with Gasteiger partial charge in [0.05, 0.1) is 11.6 Å². The van der Waals surface area contributed by atoms with E-state index in [4.69, 9.17) is 5.11 Å². The summed E-state index contributed by atoms with van der Waals surface area (Å²) in [7, 11) is 0. The van der Waals surface area contributed by atoms with E-state index in [1.807, 2.05) is 13.0 Å². The number of piperidine rings is 1. The zero-order chi connectivity index (χ0) is 12.3. The molecule has 92 valence electrons. The number of carboxylic acid groups (broad SMARTS) is 1. The van der Waals surface area contributed by atoms with Crippen LogP contribution in [0, 0.1) is 12.8 Å². The lowest BCUT2D eigenvalue weighted by Gasteiger charge is -2.30. The largest absolute Gasteiger partial charge is 0.481 e. The molecule has 1 N–H and O–H groups in total. The minimum atomic E-state index is -0.687. The van der Waals surface area contributed by atoms with Crippen LogP contribution in [0.25, 0.3) is 0 Å². The molecule has 1 fully saturated rings. The van der Waals surface area contributed by atoms with Crippen molar-refractivity contribution >= 4 is 5.97 Å². The average molecular weight is 235 g/mol. The maximum absolute atomic E-state index is 11.0. The van der Waals surface area contributed by atoms with E-state index in [1.54, 1.807) is 6.20 Å². The zero-order valence-corrected chi connectivity index (χ0v) is 9.96. The molecular weight excluding hydrogens is 218 g/mol. The summed E-state index contributed by atoms with van der Waals surface area (Å²) in [5.74, 6) is -0.158. The second-order valence-electron chi connectivity index (χ2n) is 4.51. The first-order valence-corrected chi connectivity index (χ1v) is 5.89. The Kier molecular flexibility index (Phi) is 3.68. The lowest BCUT2D eigenvalue weighted by atomic mass is 9.98. The van der Waals surface area contributed by atoms with Crippen LogP contribution in [0.2, 0.25) is 0 Å². The SMILES string of the molecule is Cc1nccc(CN2CCCC(C(=O)O)C2)n1. The number of likely N-dealkylation sites (tertiary alicyclic amines) is 1. The summed E-state index contributed by atoms with van der Waals surface area (Å²) in [4.78, 5) is 21.5. The van der Waals surface area contributed by atoms with Crippen LogP contribution in [0.15, 0.2) is 12.3 Å². The van der Waals surface area contributed by atoms with Crippen molar-refractivity contribution in [2.45, 2.75) is 26.3 Å². The number of carbonyl (C=O) groups is 1. The topological polar surface area (TPSA) is 66.3 Å². The predicted octanol–water partition coefficient (Wildman–Crippen LogP) is 1.08. The molecule has 5 heteroatoms. The maximum atomic E-state index is 11.0. The molecule has 2 heterocycles. The maximum Gasteiger partial charge on any atom is 0.307 e. The summed E-state index contributed by atoms with van der Waals surface area (Å²) in [5.41, 5.74) is 0.962. The Labute approximate surface area is 100 Å². The Morgan fingerprint density at radius 2 is 2.47 bits per heavy atom. The van der Waals surface area contributed by atoms with Crippen molar-refractivity contribution in [2.75, 3.05) is 13.1 Å². The number of nitrogens with zero attached hydrogens (tertiary/aromatic N) is 3. The van der Waals surface area contributed by atoms with Crippen molar-refractivity contribution in [1.82, 2.24) is 14.9 Å². The summed E-state index contributed by atoms with van der Waals surface area (Å²) >= 11 is 0. The highest BCUT2D eigenvalue weighted by Crippen LogP contribution is 2.18. The van der Waals surface area contributed by atoms with E-state index in [2.05, 4.69) is 14.9 Å². The Hall–Kier alpha value is -1.49. The molecule has 1 aliphatic heterocycles. The van der Waals surface area contributed by atoms with Gasteiger partial charge in [-0.25, -0.2) is 9.97 Å². The molecule has 0 aliphatic carbocycles. The number of rotatable bonds is 3. The molecule has 1 aromatic heterocycles. The molecule has 0 amide bonds. The number of aliphatic carboxylic acids is 1. The smallest absolute Gasteiger partial charge is 0.307 e. The Bertz CT molecular complexity index is 408. The highest BCUT2D eigenvalue weighted by molar-refractivity contribution is 5.70. The van der Waals surface area contributed by atoms with E-state index < -0.39 is 5.97 Å². The summed E-state index contributed by atoms with van der Waals surface area (Å²) in [6.45, 7) is 4.15. The number of hydrogen-bond acceptors (Lipinski definition) is 4. The minimum absolute atomic E-state index is 0.230. The zero-order valence-electron chi connectivity index (χ0n) is 9.96. The van der Waals surface area contributed by atoms with Gasteiger partial charge in [-0.1, -0.05) is 0 Å². The molecule has 1 atom stereocenters. The number of aromatic nitrogens is 2. The van der Waals surface area contributed by atoms with Crippen LogP contribution in [0.3, 0.4) is 0 Å². The van der Waals surface area contributed by atoms with Crippen LogP contribution in [0.1, 0.15) is 24.4 Å². The lowest BCUT2D eigenvalue weighted by molar-refractivity contribution is -0.143. The third kappa shape index (κ3) is 3.23. The molecule has 1 saturated heterocycles. The van der Waals surface area contributed by atoms with Gasteiger partial charge in [0.25, 0.3) is 0 Å². The summed E-state index contributed by atoms with van der Waals surface area (Å²) in [6.07, 6.45) is 3.48. The lowest BCUT2D eigenvalue weighted by Crippen LogP contribution is -2.38. The molecular formula is C12H17N3O2. The van der Waals surface area contributed by atoms with E-state index >= 15 is 0 Å². The third-order valence-electron chi connectivity index (χ3n) is 3.07.